The van der Waals surface area contributed by atoms with Crippen LogP contribution in [-0.4, -0.2) is 56.8 Å². The first-order chi connectivity index (χ1) is 21.5. The van der Waals surface area contributed by atoms with Gasteiger partial charge in [-0.1, -0.05) is 41.0 Å². The van der Waals surface area contributed by atoms with Crippen molar-refractivity contribution >= 4 is 35.2 Å². The molecule has 0 unspecified atom stereocenters. The van der Waals surface area contributed by atoms with Crippen molar-refractivity contribution in [2.45, 2.75) is 115 Å². The summed E-state index contributed by atoms with van der Waals surface area (Å²) in [6.07, 6.45) is 0.389. The van der Waals surface area contributed by atoms with Crippen molar-refractivity contribution < 1.29 is 32.3 Å². The van der Waals surface area contributed by atoms with Crippen molar-refractivity contribution in [1.29, 1.82) is 0 Å². The maximum absolute atomic E-state index is 14.0. The summed E-state index contributed by atoms with van der Waals surface area (Å²) in [5, 5.41) is 10.1. The molecule has 46 heavy (non-hydrogen) atoms. The van der Waals surface area contributed by atoms with Crippen LogP contribution in [0.25, 0.3) is 5.69 Å². The molecule has 2 aliphatic rings. The number of ether oxygens (including phenoxy) is 1. The molecule has 1 fully saturated rings. The number of rotatable bonds is 12. The molecular formula is C33H46F3N5O4S. The number of nitrogens with zero attached hydrogens (tertiary/aromatic N) is 2. The highest BCUT2D eigenvalue weighted by Crippen LogP contribution is 2.42. The number of alkyl carbamates (subject to hydrolysis) is 1. The summed E-state index contributed by atoms with van der Waals surface area (Å²) in [7, 11) is 0. The first-order valence-electron chi connectivity index (χ1n) is 16.0. The number of alkyl halides is 3. The van der Waals surface area contributed by atoms with E-state index in [-0.39, 0.29) is 46.7 Å². The van der Waals surface area contributed by atoms with Crippen LogP contribution < -0.4 is 16.4 Å². The second kappa shape index (κ2) is 14.3. The molecule has 0 atom stereocenters. The molecule has 2 aromatic rings. The predicted molar refractivity (Wildman–Crippen MR) is 174 cm³/mol. The normalized spacial score (nSPS) is 19.8. The van der Waals surface area contributed by atoms with Gasteiger partial charge in [-0.05, 0) is 74.3 Å². The highest BCUT2D eigenvalue weighted by atomic mass is 32.2. The van der Waals surface area contributed by atoms with E-state index < -0.39 is 40.6 Å². The second-order valence-electron chi connectivity index (χ2n) is 13.8. The zero-order chi connectivity index (χ0) is 33.9. The van der Waals surface area contributed by atoms with E-state index in [1.807, 2.05) is 25.6 Å². The fourth-order valence-electron chi connectivity index (χ4n) is 6.13. The minimum atomic E-state index is -4.80. The maximum Gasteiger partial charge on any atom is 0.435 e. The van der Waals surface area contributed by atoms with Gasteiger partial charge in [-0.25, -0.2) is 9.48 Å². The molecule has 1 aromatic heterocycles. The molecule has 2 amide bonds. The Hall–Kier alpha value is -3.22. The standard InChI is InChI=1S/C33H46F3N5O4S/c1-6-7-16-46-32(4,5)14-15-38-30(44)45-22-11-8-20(9-12-22)39-24-17-21(10-13-23(24)29(37)43)41-25-18-31(2,3)19-26(42)27(25)28(40-41)33(34,35)36/h10,13,17,20,22,39H,6-9,11-12,14-16,18-19H2,1-5H3,(H2,37,43)(H,38,44). The second-order valence-corrected chi connectivity index (χ2v) is 15.6. The number of nitrogens with one attached hydrogen (secondary N) is 2. The fourth-order valence-corrected chi connectivity index (χ4v) is 7.36. The summed E-state index contributed by atoms with van der Waals surface area (Å²) in [5.41, 5.74) is 4.54. The summed E-state index contributed by atoms with van der Waals surface area (Å²) in [5.74, 6) is -0.181. The lowest BCUT2D eigenvalue weighted by atomic mass is 9.75. The van der Waals surface area contributed by atoms with E-state index in [4.69, 9.17) is 10.5 Å². The molecule has 0 radical (unpaired) electrons. The van der Waals surface area contributed by atoms with E-state index in [2.05, 4.69) is 36.5 Å². The minimum Gasteiger partial charge on any atom is -0.446 e. The number of anilines is 1. The average molecular weight is 666 g/mol. The number of thioether (sulfide) groups is 1. The molecule has 4 rings (SSSR count). The van der Waals surface area contributed by atoms with Gasteiger partial charge >= 0.3 is 12.3 Å². The van der Waals surface area contributed by atoms with Gasteiger partial charge in [0, 0.05) is 29.4 Å². The van der Waals surface area contributed by atoms with Crippen LogP contribution in [0.15, 0.2) is 18.2 Å². The molecule has 1 aromatic carbocycles. The number of aromatic nitrogens is 2. The molecule has 0 aliphatic heterocycles. The summed E-state index contributed by atoms with van der Waals surface area (Å²) in [6, 6.07) is 4.41. The summed E-state index contributed by atoms with van der Waals surface area (Å²) in [6.45, 7) is 10.7. The molecule has 13 heteroatoms. The number of amides is 2. The lowest BCUT2D eigenvalue weighted by molar-refractivity contribution is -0.141. The van der Waals surface area contributed by atoms with Gasteiger partial charge in [0.2, 0.25) is 0 Å². The van der Waals surface area contributed by atoms with Crippen LogP contribution in [-0.2, 0) is 17.3 Å². The van der Waals surface area contributed by atoms with E-state index in [0.717, 1.165) is 18.6 Å². The van der Waals surface area contributed by atoms with E-state index in [0.29, 0.717) is 37.9 Å². The first-order valence-corrected chi connectivity index (χ1v) is 17.0. The highest BCUT2D eigenvalue weighted by Gasteiger charge is 2.45. The Morgan fingerprint density at radius 2 is 1.85 bits per heavy atom. The minimum absolute atomic E-state index is 0.00724. The number of hydrogen-bond acceptors (Lipinski definition) is 7. The van der Waals surface area contributed by atoms with Gasteiger partial charge in [-0.3, -0.25) is 9.59 Å². The van der Waals surface area contributed by atoms with Crippen molar-refractivity contribution in [3.63, 3.8) is 0 Å². The number of nitrogens with two attached hydrogens (primary N) is 1. The summed E-state index contributed by atoms with van der Waals surface area (Å²) >= 11 is 1.91. The number of benzene rings is 1. The Morgan fingerprint density at radius 3 is 2.48 bits per heavy atom. The van der Waals surface area contributed by atoms with Crippen LogP contribution in [0.2, 0.25) is 0 Å². The van der Waals surface area contributed by atoms with Gasteiger partial charge in [0.25, 0.3) is 5.91 Å². The Labute approximate surface area is 273 Å². The third-order valence-corrected chi connectivity index (χ3v) is 10.1. The average Bonchev–Trinajstić information content (AvgIpc) is 3.33. The van der Waals surface area contributed by atoms with E-state index in [9.17, 15) is 27.6 Å². The van der Waals surface area contributed by atoms with E-state index >= 15 is 0 Å². The van der Waals surface area contributed by atoms with Gasteiger partial charge < -0.3 is 21.1 Å². The molecule has 1 saturated carbocycles. The number of fused-ring (bicyclic) bond motifs is 1. The maximum atomic E-state index is 14.0. The van der Waals surface area contributed by atoms with Crippen molar-refractivity contribution in [2.75, 3.05) is 17.6 Å². The lowest BCUT2D eigenvalue weighted by Gasteiger charge is -2.30. The van der Waals surface area contributed by atoms with Crippen LogP contribution in [0, 0.1) is 5.41 Å². The number of unbranched alkanes of at least 4 members (excludes halogenated alkanes) is 1. The zero-order valence-corrected chi connectivity index (χ0v) is 28.1. The highest BCUT2D eigenvalue weighted by molar-refractivity contribution is 8.00. The largest absolute Gasteiger partial charge is 0.446 e. The van der Waals surface area contributed by atoms with Crippen molar-refractivity contribution in [2.24, 2.45) is 11.1 Å². The molecule has 9 nitrogen and oxygen atoms in total. The Bertz CT molecular complexity index is 1430. The molecule has 2 aliphatic carbocycles. The SMILES string of the molecule is CCCCSC(C)(C)CCNC(=O)OC1CCC(Nc2cc(-n3nc(C(F)(F)F)c4c3CC(C)(C)CC4=O)ccc2C(N)=O)CC1. The van der Waals surface area contributed by atoms with Gasteiger partial charge in [0.15, 0.2) is 11.5 Å². The monoisotopic (exact) mass is 665 g/mol. The molecular weight excluding hydrogens is 619 g/mol. The number of carbonyl (C=O) groups is 3. The van der Waals surface area contributed by atoms with Crippen LogP contribution in [0.4, 0.5) is 23.7 Å². The van der Waals surface area contributed by atoms with E-state index in [1.54, 1.807) is 6.07 Å². The Kier molecular flexibility index (Phi) is 11.1. The van der Waals surface area contributed by atoms with Gasteiger partial charge in [-0.2, -0.15) is 30.0 Å². The first kappa shape index (κ1) is 35.6. The van der Waals surface area contributed by atoms with Crippen molar-refractivity contribution in [3.8, 4) is 5.69 Å². The number of ketones is 1. The Balaban J connectivity index is 1.42. The van der Waals surface area contributed by atoms with Crippen LogP contribution in [0.3, 0.4) is 0 Å². The lowest BCUT2D eigenvalue weighted by Crippen LogP contribution is -2.36. The van der Waals surface area contributed by atoms with Crippen LogP contribution >= 0.6 is 11.8 Å². The molecule has 254 valence electrons. The molecule has 0 spiro atoms. The third-order valence-electron chi connectivity index (χ3n) is 8.62. The van der Waals surface area contributed by atoms with Gasteiger partial charge in [-0.15, -0.1) is 0 Å². The van der Waals surface area contributed by atoms with Crippen molar-refractivity contribution in [1.82, 2.24) is 15.1 Å². The summed E-state index contributed by atoms with van der Waals surface area (Å²) in [4.78, 5) is 37.6. The fraction of sp³-hybridized carbons (Fsp3) is 0.636. The predicted octanol–water partition coefficient (Wildman–Crippen LogP) is 7.30. The number of carbonyl (C=O) groups excluding carboxylic acids is 3. The van der Waals surface area contributed by atoms with Crippen molar-refractivity contribution in [3.05, 3.63) is 40.7 Å². The Morgan fingerprint density at radius 1 is 1.15 bits per heavy atom. The number of halogens is 3. The van der Waals surface area contributed by atoms with E-state index in [1.165, 1.54) is 23.2 Å². The summed E-state index contributed by atoms with van der Waals surface area (Å²) < 4.78 is 48.8. The topological polar surface area (TPSA) is 128 Å². The molecule has 4 N–H and O–H groups in total. The molecule has 0 bridgehead atoms. The van der Waals surface area contributed by atoms with Gasteiger partial charge in [0.1, 0.15) is 6.10 Å². The van der Waals surface area contributed by atoms with Gasteiger partial charge in [0.05, 0.1) is 22.5 Å². The zero-order valence-electron chi connectivity index (χ0n) is 27.3. The number of Topliss-reactive ketones (excluding diaryl/α,β-unsaturated/α-hetero) is 1. The smallest absolute Gasteiger partial charge is 0.435 e. The quantitative estimate of drug-likeness (QED) is 0.203. The van der Waals surface area contributed by atoms with Crippen LogP contribution in [0.5, 0.6) is 0 Å². The third kappa shape index (κ3) is 8.98. The number of primary amides is 1. The van der Waals surface area contributed by atoms with Crippen LogP contribution in [0.1, 0.15) is 118 Å². The molecule has 1 heterocycles. The number of hydrogen-bond donors (Lipinski definition) is 3. The molecule has 0 saturated heterocycles.